The van der Waals surface area contributed by atoms with Crippen LogP contribution in [0.5, 0.6) is 0 Å². The number of aromatic amines is 1. The number of hydrogen-bond acceptors (Lipinski definition) is 5. The maximum atomic E-state index is 12.8. The van der Waals surface area contributed by atoms with Crippen LogP contribution in [0.25, 0.3) is 11.0 Å². The zero-order valence-corrected chi connectivity index (χ0v) is 19.1. The summed E-state index contributed by atoms with van der Waals surface area (Å²) in [5.74, 6) is 0.0494. The molecule has 164 valence electrons. The zero-order chi connectivity index (χ0) is 22.3. The van der Waals surface area contributed by atoms with Gasteiger partial charge in [-0.25, -0.2) is 0 Å². The summed E-state index contributed by atoms with van der Waals surface area (Å²) >= 11 is 1.50. The maximum absolute atomic E-state index is 12.8. The minimum atomic E-state index is -0.164. The number of carbonyl (C=O) groups excluding carboxylic acids is 2. The number of pyridine rings is 1. The van der Waals surface area contributed by atoms with Crippen molar-refractivity contribution in [3.05, 3.63) is 49.1 Å². The number of piperazine rings is 1. The molecule has 0 atom stereocenters. The van der Waals surface area contributed by atoms with E-state index >= 15 is 0 Å². The third kappa shape index (κ3) is 4.01. The van der Waals surface area contributed by atoms with Crippen molar-refractivity contribution in [1.29, 1.82) is 0 Å². The molecule has 1 saturated heterocycles. The number of aromatic nitrogens is 3. The Morgan fingerprint density at radius 1 is 1.10 bits per heavy atom. The van der Waals surface area contributed by atoms with Gasteiger partial charge in [0.15, 0.2) is 0 Å². The average molecular weight is 442 g/mol. The maximum Gasteiger partial charge on any atom is 0.264 e. The highest BCUT2D eigenvalue weighted by atomic mass is 32.1. The Labute approximate surface area is 184 Å². The Balaban J connectivity index is 1.38. The lowest BCUT2D eigenvalue weighted by Crippen LogP contribution is -2.50. The molecular formula is C22H27N5O3S. The van der Waals surface area contributed by atoms with Crippen molar-refractivity contribution in [3.63, 3.8) is 0 Å². The van der Waals surface area contributed by atoms with E-state index in [9.17, 15) is 14.4 Å². The van der Waals surface area contributed by atoms with Crippen LogP contribution in [0.1, 0.15) is 37.8 Å². The lowest BCUT2D eigenvalue weighted by Gasteiger charge is -2.34. The Morgan fingerprint density at radius 3 is 2.42 bits per heavy atom. The Morgan fingerprint density at radius 2 is 1.77 bits per heavy atom. The van der Waals surface area contributed by atoms with Crippen LogP contribution in [-0.2, 0) is 18.3 Å². The van der Waals surface area contributed by atoms with Crippen LogP contribution in [0.4, 0.5) is 0 Å². The second-order valence-electron chi connectivity index (χ2n) is 8.07. The highest BCUT2D eigenvalue weighted by molar-refractivity contribution is 7.13. The van der Waals surface area contributed by atoms with Gasteiger partial charge in [-0.15, -0.1) is 11.3 Å². The number of nitrogens with zero attached hydrogens (tertiary/aromatic N) is 4. The normalized spacial score (nSPS) is 14.5. The van der Waals surface area contributed by atoms with Crippen LogP contribution in [0.3, 0.4) is 0 Å². The fourth-order valence-electron chi connectivity index (χ4n) is 4.31. The molecule has 2 amide bonds. The average Bonchev–Trinajstić information content (AvgIpc) is 3.30. The van der Waals surface area contributed by atoms with Gasteiger partial charge in [0.05, 0.1) is 10.6 Å². The molecule has 3 aromatic heterocycles. The summed E-state index contributed by atoms with van der Waals surface area (Å²) in [6.07, 6.45) is 0.657. The first-order valence-corrected chi connectivity index (χ1v) is 11.3. The third-order valence-corrected chi connectivity index (χ3v) is 7.00. The predicted octanol–water partition coefficient (Wildman–Crippen LogP) is 2.17. The van der Waals surface area contributed by atoms with Gasteiger partial charge in [-0.05, 0) is 44.9 Å². The molecule has 0 radical (unpaired) electrons. The molecule has 0 spiro atoms. The molecule has 9 heteroatoms. The molecule has 0 aromatic carbocycles. The standard InChI is InChI=1S/C22H27N5O3S/c1-13-5-7-17(31-13)22(30)27-11-9-26(10-12-27)18(28)8-6-16-14(2)19-15(3)24-25(4)20(19)23-21(16)29/h5,7H,6,8-12H2,1-4H3,(H,23,29). The summed E-state index contributed by atoms with van der Waals surface area (Å²) in [6, 6.07) is 3.81. The van der Waals surface area contributed by atoms with Crippen LogP contribution in [-0.4, -0.2) is 62.6 Å². The van der Waals surface area contributed by atoms with Crippen molar-refractivity contribution in [3.8, 4) is 0 Å². The van der Waals surface area contributed by atoms with Gasteiger partial charge in [-0.2, -0.15) is 5.10 Å². The summed E-state index contributed by atoms with van der Waals surface area (Å²) in [5.41, 5.74) is 2.93. The van der Waals surface area contributed by atoms with Gasteiger partial charge >= 0.3 is 0 Å². The molecule has 1 aliphatic heterocycles. The minimum absolute atomic E-state index is 0.0147. The van der Waals surface area contributed by atoms with Gasteiger partial charge in [-0.1, -0.05) is 0 Å². The molecule has 0 aliphatic carbocycles. The highest BCUT2D eigenvalue weighted by Gasteiger charge is 2.26. The van der Waals surface area contributed by atoms with Crippen LogP contribution in [0.2, 0.25) is 0 Å². The molecule has 1 N–H and O–H groups in total. The van der Waals surface area contributed by atoms with Gasteiger partial charge < -0.3 is 14.8 Å². The molecular weight excluding hydrogens is 414 g/mol. The van der Waals surface area contributed by atoms with E-state index in [1.54, 1.807) is 16.6 Å². The molecule has 1 aliphatic rings. The summed E-state index contributed by atoms with van der Waals surface area (Å²) in [6.45, 7) is 7.92. The Hall–Kier alpha value is -2.94. The van der Waals surface area contributed by atoms with Crippen molar-refractivity contribution < 1.29 is 9.59 Å². The van der Waals surface area contributed by atoms with E-state index in [0.29, 0.717) is 43.8 Å². The SMILES string of the molecule is Cc1ccc(C(=O)N2CCN(C(=O)CCc3c(C)c4c(C)nn(C)c4[nH]c3=O)CC2)s1. The van der Waals surface area contributed by atoms with Crippen molar-refractivity contribution in [2.75, 3.05) is 26.2 Å². The van der Waals surface area contributed by atoms with Gasteiger partial charge in [-0.3, -0.25) is 19.1 Å². The molecule has 3 aromatic rings. The van der Waals surface area contributed by atoms with E-state index in [0.717, 1.165) is 26.4 Å². The first kappa shape index (κ1) is 21.3. The van der Waals surface area contributed by atoms with Crippen LogP contribution < -0.4 is 5.56 Å². The lowest BCUT2D eigenvalue weighted by atomic mass is 10.0. The summed E-state index contributed by atoms with van der Waals surface area (Å²) in [5, 5.41) is 5.33. The summed E-state index contributed by atoms with van der Waals surface area (Å²) < 4.78 is 1.67. The summed E-state index contributed by atoms with van der Waals surface area (Å²) in [4.78, 5) is 46.3. The number of fused-ring (bicyclic) bond motifs is 1. The van der Waals surface area contributed by atoms with Gasteiger partial charge in [0.2, 0.25) is 5.91 Å². The van der Waals surface area contributed by atoms with Crippen molar-refractivity contribution in [2.45, 2.75) is 33.6 Å². The van der Waals surface area contributed by atoms with E-state index in [1.165, 1.54) is 11.3 Å². The molecule has 0 unspecified atom stereocenters. The number of carbonyl (C=O) groups is 2. The first-order chi connectivity index (χ1) is 14.8. The fourth-order valence-corrected chi connectivity index (χ4v) is 5.15. The van der Waals surface area contributed by atoms with Crippen LogP contribution >= 0.6 is 11.3 Å². The fraction of sp³-hybridized carbons (Fsp3) is 0.455. The van der Waals surface area contributed by atoms with E-state index < -0.39 is 0 Å². The highest BCUT2D eigenvalue weighted by Crippen LogP contribution is 2.22. The number of thiophene rings is 1. The van der Waals surface area contributed by atoms with Gasteiger partial charge in [0, 0.05) is 55.5 Å². The number of amides is 2. The van der Waals surface area contributed by atoms with Gasteiger partial charge in [0.1, 0.15) is 5.65 Å². The van der Waals surface area contributed by atoms with Gasteiger partial charge in [0.25, 0.3) is 11.5 Å². The van der Waals surface area contributed by atoms with Crippen molar-refractivity contribution in [2.24, 2.45) is 7.05 Å². The Bertz CT molecular complexity index is 1210. The number of H-pyrrole nitrogens is 1. The van der Waals surface area contributed by atoms with E-state index in [4.69, 9.17) is 0 Å². The van der Waals surface area contributed by atoms with Crippen molar-refractivity contribution >= 4 is 34.2 Å². The predicted molar refractivity (Wildman–Crippen MR) is 121 cm³/mol. The topological polar surface area (TPSA) is 91.3 Å². The number of aryl methyl sites for hydroxylation is 4. The zero-order valence-electron chi connectivity index (χ0n) is 18.3. The van der Waals surface area contributed by atoms with Crippen LogP contribution in [0, 0.1) is 20.8 Å². The number of nitrogens with one attached hydrogen (secondary N) is 1. The molecule has 4 heterocycles. The molecule has 8 nitrogen and oxygen atoms in total. The number of rotatable bonds is 4. The largest absolute Gasteiger partial charge is 0.339 e. The molecule has 0 bridgehead atoms. The second kappa shape index (κ2) is 8.30. The smallest absolute Gasteiger partial charge is 0.264 e. The van der Waals surface area contributed by atoms with Crippen LogP contribution in [0.15, 0.2) is 16.9 Å². The van der Waals surface area contributed by atoms with E-state index in [2.05, 4.69) is 10.1 Å². The monoisotopic (exact) mass is 441 g/mol. The quantitative estimate of drug-likeness (QED) is 0.672. The number of hydrogen-bond donors (Lipinski definition) is 1. The molecule has 31 heavy (non-hydrogen) atoms. The third-order valence-electron chi connectivity index (χ3n) is 6.02. The van der Waals surface area contributed by atoms with E-state index in [1.807, 2.05) is 37.8 Å². The minimum Gasteiger partial charge on any atom is -0.339 e. The van der Waals surface area contributed by atoms with Crippen molar-refractivity contribution in [1.82, 2.24) is 24.6 Å². The summed E-state index contributed by atoms with van der Waals surface area (Å²) in [7, 11) is 1.80. The molecule has 0 saturated carbocycles. The lowest BCUT2D eigenvalue weighted by molar-refractivity contribution is -0.132. The molecule has 1 fully saturated rings. The Kier molecular flexibility index (Phi) is 5.70. The van der Waals surface area contributed by atoms with E-state index in [-0.39, 0.29) is 23.8 Å². The molecule has 4 rings (SSSR count). The first-order valence-electron chi connectivity index (χ1n) is 10.4. The second-order valence-corrected chi connectivity index (χ2v) is 9.36.